The van der Waals surface area contributed by atoms with Crippen molar-refractivity contribution in [1.29, 1.82) is 0 Å². The van der Waals surface area contributed by atoms with Gasteiger partial charge in [-0.1, -0.05) is 48.5 Å². The highest BCUT2D eigenvalue weighted by Crippen LogP contribution is 2.25. The Bertz CT molecular complexity index is 1160. The zero-order chi connectivity index (χ0) is 24.5. The number of carbonyl (C=O) groups excluding carboxylic acids is 2. The number of rotatable bonds is 10. The second kappa shape index (κ2) is 11.9. The van der Waals surface area contributed by atoms with E-state index in [0.717, 1.165) is 11.3 Å². The highest BCUT2D eigenvalue weighted by molar-refractivity contribution is 8.00. The lowest BCUT2D eigenvalue weighted by atomic mass is 10.2. The van der Waals surface area contributed by atoms with Crippen molar-refractivity contribution in [3.05, 3.63) is 96.1 Å². The molecule has 1 aliphatic rings. The minimum Gasteiger partial charge on any atom is -0.497 e. The van der Waals surface area contributed by atoms with E-state index < -0.39 is 0 Å². The molecule has 3 aromatic carbocycles. The molecule has 0 spiro atoms. The van der Waals surface area contributed by atoms with Gasteiger partial charge in [0.15, 0.2) is 11.3 Å². The van der Waals surface area contributed by atoms with Crippen LogP contribution < -0.4 is 25.7 Å². The molecule has 0 radical (unpaired) electrons. The van der Waals surface area contributed by atoms with Gasteiger partial charge in [-0.15, -0.1) is 11.8 Å². The number of benzene rings is 3. The maximum atomic E-state index is 12.6. The van der Waals surface area contributed by atoms with E-state index in [1.807, 2.05) is 65.6 Å². The Balaban J connectivity index is 1.35. The van der Waals surface area contributed by atoms with E-state index in [9.17, 15) is 9.59 Å². The molecule has 0 bridgehead atoms. The summed E-state index contributed by atoms with van der Waals surface area (Å²) in [5, 5.41) is 10.3. The van der Waals surface area contributed by atoms with Crippen LogP contribution in [0, 0.1) is 0 Å². The molecule has 1 aliphatic heterocycles. The summed E-state index contributed by atoms with van der Waals surface area (Å²) in [5.74, 6) is 1.33. The summed E-state index contributed by atoms with van der Waals surface area (Å²) in [7, 11) is 1.58. The molecule has 0 saturated carbocycles. The molecule has 1 atom stereocenters. The maximum absolute atomic E-state index is 12.6. The van der Waals surface area contributed by atoms with Crippen molar-refractivity contribution in [2.75, 3.05) is 24.3 Å². The summed E-state index contributed by atoms with van der Waals surface area (Å²) in [6.45, 7) is 0.712. The predicted octanol–water partition coefficient (Wildman–Crippen LogP) is 3.18. The fourth-order valence-corrected chi connectivity index (χ4v) is 4.42. The SMILES string of the molecule is COc1ccc(C(=O)NCC2=NNC(SCC(=O)NCc3ccccc3)N2c2ccccc2)cc1. The number of thioether (sulfide) groups is 1. The Morgan fingerprint density at radius 2 is 1.63 bits per heavy atom. The third-order valence-corrected chi connectivity index (χ3v) is 6.38. The molecule has 1 unspecified atom stereocenters. The average Bonchev–Trinajstić information content (AvgIpc) is 3.33. The number of hydrogen-bond donors (Lipinski definition) is 3. The third-order valence-electron chi connectivity index (χ3n) is 5.32. The minimum atomic E-state index is -0.284. The molecular formula is C26H27N5O3S. The molecule has 35 heavy (non-hydrogen) atoms. The number of ether oxygens (including phenoxy) is 1. The van der Waals surface area contributed by atoms with Gasteiger partial charge < -0.3 is 15.4 Å². The molecule has 8 nitrogen and oxygen atoms in total. The van der Waals surface area contributed by atoms with Gasteiger partial charge in [0.05, 0.1) is 19.4 Å². The maximum Gasteiger partial charge on any atom is 0.251 e. The fourth-order valence-electron chi connectivity index (χ4n) is 3.49. The first-order valence-corrected chi connectivity index (χ1v) is 12.2. The Kier molecular flexibility index (Phi) is 8.24. The molecule has 1 heterocycles. The monoisotopic (exact) mass is 489 g/mol. The van der Waals surface area contributed by atoms with Crippen LogP contribution in [0.25, 0.3) is 0 Å². The highest BCUT2D eigenvalue weighted by atomic mass is 32.2. The van der Waals surface area contributed by atoms with Crippen LogP contribution >= 0.6 is 11.8 Å². The molecule has 4 rings (SSSR count). The van der Waals surface area contributed by atoms with E-state index in [1.165, 1.54) is 11.8 Å². The van der Waals surface area contributed by atoms with Crippen LogP contribution in [0.15, 0.2) is 90.0 Å². The summed E-state index contributed by atoms with van der Waals surface area (Å²) in [5.41, 5.74) is 5.30. The van der Waals surface area contributed by atoms with Crippen LogP contribution in [0.4, 0.5) is 5.69 Å². The molecule has 0 aliphatic carbocycles. The van der Waals surface area contributed by atoms with Crippen molar-refractivity contribution < 1.29 is 14.3 Å². The number of anilines is 1. The number of nitrogens with one attached hydrogen (secondary N) is 3. The summed E-state index contributed by atoms with van der Waals surface area (Å²) < 4.78 is 5.15. The van der Waals surface area contributed by atoms with Crippen LogP contribution in [-0.4, -0.2) is 42.6 Å². The number of methoxy groups -OCH3 is 1. The van der Waals surface area contributed by atoms with Crippen molar-refractivity contribution in [3.8, 4) is 5.75 Å². The molecule has 2 amide bonds. The van der Waals surface area contributed by atoms with Gasteiger partial charge >= 0.3 is 0 Å². The number of amidine groups is 1. The predicted molar refractivity (Wildman–Crippen MR) is 139 cm³/mol. The van der Waals surface area contributed by atoms with E-state index in [-0.39, 0.29) is 29.6 Å². The summed E-state index contributed by atoms with van der Waals surface area (Å²) in [6, 6.07) is 26.5. The molecule has 0 saturated heterocycles. The van der Waals surface area contributed by atoms with Crippen molar-refractivity contribution in [2.24, 2.45) is 5.10 Å². The molecule has 0 fully saturated rings. The van der Waals surface area contributed by atoms with Crippen LogP contribution in [0.1, 0.15) is 15.9 Å². The van der Waals surface area contributed by atoms with Gasteiger partial charge in [0.25, 0.3) is 5.91 Å². The second-order valence-electron chi connectivity index (χ2n) is 7.70. The highest BCUT2D eigenvalue weighted by Gasteiger charge is 2.30. The first-order valence-electron chi connectivity index (χ1n) is 11.1. The van der Waals surface area contributed by atoms with E-state index in [0.29, 0.717) is 23.7 Å². The lowest BCUT2D eigenvalue weighted by molar-refractivity contribution is -0.118. The summed E-state index contributed by atoms with van der Waals surface area (Å²) in [4.78, 5) is 27.0. The zero-order valence-electron chi connectivity index (χ0n) is 19.3. The number of carbonyl (C=O) groups is 2. The van der Waals surface area contributed by atoms with Gasteiger partial charge in [-0.3, -0.25) is 19.9 Å². The smallest absolute Gasteiger partial charge is 0.251 e. The lowest BCUT2D eigenvalue weighted by Crippen LogP contribution is -2.43. The van der Waals surface area contributed by atoms with Crippen LogP contribution in [-0.2, 0) is 11.3 Å². The van der Waals surface area contributed by atoms with Crippen molar-refractivity contribution in [1.82, 2.24) is 16.1 Å². The van der Waals surface area contributed by atoms with Gasteiger partial charge in [0.2, 0.25) is 5.91 Å². The van der Waals surface area contributed by atoms with Crippen molar-refractivity contribution in [2.45, 2.75) is 12.0 Å². The molecule has 9 heteroatoms. The van der Waals surface area contributed by atoms with Gasteiger partial charge in [0, 0.05) is 17.8 Å². The normalized spacial score (nSPS) is 14.6. The van der Waals surface area contributed by atoms with Gasteiger partial charge in [-0.05, 0) is 42.0 Å². The molecule has 3 N–H and O–H groups in total. The zero-order valence-corrected chi connectivity index (χ0v) is 20.1. The first kappa shape index (κ1) is 24.2. The summed E-state index contributed by atoms with van der Waals surface area (Å²) in [6.07, 6.45) is 0. The Hall–Kier alpha value is -3.98. The minimum absolute atomic E-state index is 0.0603. The number of hydrazone groups is 1. The second-order valence-corrected chi connectivity index (χ2v) is 8.77. The average molecular weight is 490 g/mol. The van der Waals surface area contributed by atoms with Gasteiger partial charge in [-0.2, -0.15) is 5.10 Å². The fraction of sp³-hybridized carbons (Fsp3) is 0.192. The Morgan fingerprint density at radius 3 is 2.31 bits per heavy atom. The van der Waals surface area contributed by atoms with E-state index in [2.05, 4.69) is 21.2 Å². The molecule has 180 valence electrons. The molecule has 3 aromatic rings. The van der Waals surface area contributed by atoms with E-state index in [4.69, 9.17) is 4.74 Å². The number of amides is 2. The molecular weight excluding hydrogens is 462 g/mol. The third kappa shape index (κ3) is 6.54. The van der Waals surface area contributed by atoms with Crippen LogP contribution in [0.3, 0.4) is 0 Å². The van der Waals surface area contributed by atoms with Crippen LogP contribution in [0.2, 0.25) is 0 Å². The van der Waals surface area contributed by atoms with E-state index in [1.54, 1.807) is 31.4 Å². The van der Waals surface area contributed by atoms with Crippen molar-refractivity contribution >= 4 is 35.1 Å². The topological polar surface area (TPSA) is 95.1 Å². The first-order chi connectivity index (χ1) is 17.1. The Labute approximate surface area is 208 Å². The molecule has 0 aromatic heterocycles. The van der Waals surface area contributed by atoms with Crippen LogP contribution in [0.5, 0.6) is 5.75 Å². The largest absolute Gasteiger partial charge is 0.497 e. The number of nitrogens with zero attached hydrogens (tertiary/aromatic N) is 2. The summed E-state index contributed by atoms with van der Waals surface area (Å²) >= 11 is 1.43. The van der Waals surface area contributed by atoms with Gasteiger partial charge in [0.1, 0.15) is 5.75 Å². The lowest BCUT2D eigenvalue weighted by Gasteiger charge is -2.26. The van der Waals surface area contributed by atoms with Crippen molar-refractivity contribution in [3.63, 3.8) is 0 Å². The van der Waals surface area contributed by atoms with E-state index >= 15 is 0 Å². The number of hydrogen-bond acceptors (Lipinski definition) is 7. The number of para-hydroxylation sites is 1. The standard InChI is InChI=1S/C26H27N5O3S/c1-34-22-14-12-20(13-15-22)25(33)28-17-23-29-30-26(31(23)21-10-6-3-7-11-21)35-18-24(32)27-16-19-8-4-2-5-9-19/h2-15,26,30H,16-18H2,1H3,(H,27,32)(H,28,33). The quantitative estimate of drug-likeness (QED) is 0.405. The Morgan fingerprint density at radius 1 is 0.943 bits per heavy atom. The van der Waals surface area contributed by atoms with Gasteiger partial charge in [-0.25, -0.2) is 0 Å².